The molecule has 1 aliphatic rings. The van der Waals surface area contributed by atoms with Gasteiger partial charge < -0.3 is 19.3 Å². The molecule has 0 aliphatic carbocycles. The number of nitrogens with zero attached hydrogens (tertiary/aromatic N) is 4. The highest BCUT2D eigenvalue weighted by Gasteiger charge is 2.28. The van der Waals surface area contributed by atoms with Gasteiger partial charge in [-0.25, -0.2) is 9.78 Å². The molecule has 1 saturated heterocycles. The van der Waals surface area contributed by atoms with Crippen LogP contribution in [0.1, 0.15) is 28.8 Å². The van der Waals surface area contributed by atoms with Crippen LogP contribution in [0.5, 0.6) is 5.88 Å². The molecule has 1 fully saturated rings. The molecule has 0 bridgehead atoms. The lowest BCUT2D eigenvalue weighted by atomic mass is 10.1. The van der Waals surface area contributed by atoms with E-state index in [1.165, 1.54) is 6.20 Å². The Morgan fingerprint density at radius 2 is 2.00 bits per heavy atom. The molecule has 0 spiro atoms. The monoisotopic (exact) mass is 524 g/mol. The molecule has 1 aromatic carbocycles. The Bertz CT molecular complexity index is 1490. The van der Waals surface area contributed by atoms with E-state index >= 15 is 0 Å². The van der Waals surface area contributed by atoms with Crippen LogP contribution < -0.4 is 15.1 Å². The fraction of sp³-hybridized carbons (Fsp3) is 0.231. The van der Waals surface area contributed by atoms with E-state index in [0.29, 0.717) is 34.6 Å². The Morgan fingerprint density at radius 3 is 2.75 bits per heavy atom. The maximum atomic E-state index is 13.0. The zero-order valence-electron chi connectivity index (χ0n) is 19.1. The molecule has 10 heteroatoms. The van der Waals surface area contributed by atoms with Crippen molar-refractivity contribution in [3.05, 3.63) is 92.6 Å². The highest BCUT2D eigenvalue weighted by molar-refractivity contribution is 6.34. The lowest BCUT2D eigenvalue weighted by Crippen LogP contribution is -2.34. The Balaban J connectivity index is 1.54. The Labute approximate surface area is 216 Å². The molecule has 5 rings (SSSR count). The number of anilines is 1. The summed E-state index contributed by atoms with van der Waals surface area (Å²) in [6.45, 7) is 1.47. The third-order valence-corrected chi connectivity index (χ3v) is 6.87. The van der Waals surface area contributed by atoms with Gasteiger partial charge in [-0.3, -0.25) is 9.78 Å². The number of benzene rings is 1. The second-order valence-electron chi connectivity index (χ2n) is 8.58. The summed E-state index contributed by atoms with van der Waals surface area (Å²) < 4.78 is 7.66. The summed E-state index contributed by atoms with van der Waals surface area (Å²) in [4.78, 5) is 35.3. The average Bonchev–Trinajstić information content (AvgIpc) is 3.34. The molecular weight excluding hydrogens is 503 g/mol. The fourth-order valence-electron chi connectivity index (χ4n) is 4.57. The number of halogens is 2. The van der Waals surface area contributed by atoms with Crippen molar-refractivity contribution in [2.75, 3.05) is 18.1 Å². The van der Waals surface area contributed by atoms with Gasteiger partial charge in [-0.05, 0) is 48.7 Å². The van der Waals surface area contributed by atoms with Crippen molar-refractivity contribution in [1.29, 1.82) is 0 Å². The minimum atomic E-state index is -1.29. The molecule has 3 aromatic heterocycles. The van der Waals surface area contributed by atoms with Crippen LogP contribution in [0.3, 0.4) is 0 Å². The van der Waals surface area contributed by atoms with Crippen molar-refractivity contribution in [3.8, 4) is 5.88 Å². The third kappa shape index (κ3) is 4.74. The minimum absolute atomic E-state index is 0.0230. The lowest BCUT2D eigenvalue weighted by Gasteiger charge is -2.28. The zero-order chi connectivity index (χ0) is 25.2. The van der Waals surface area contributed by atoms with E-state index in [9.17, 15) is 14.7 Å². The van der Waals surface area contributed by atoms with Gasteiger partial charge in [-0.1, -0.05) is 29.3 Å². The van der Waals surface area contributed by atoms with E-state index < -0.39 is 11.4 Å². The molecule has 184 valence electrons. The van der Waals surface area contributed by atoms with Crippen LogP contribution in [-0.2, 0) is 6.54 Å². The predicted molar refractivity (Wildman–Crippen MR) is 139 cm³/mol. The zero-order valence-corrected chi connectivity index (χ0v) is 20.6. The van der Waals surface area contributed by atoms with Gasteiger partial charge in [-0.2, -0.15) is 0 Å². The predicted octanol–water partition coefficient (Wildman–Crippen LogP) is 4.89. The van der Waals surface area contributed by atoms with Crippen LogP contribution in [0.4, 0.5) is 5.69 Å². The lowest BCUT2D eigenvalue weighted by molar-refractivity contribution is 0.0695. The van der Waals surface area contributed by atoms with Crippen LogP contribution in [0.2, 0.25) is 10.0 Å². The van der Waals surface area contributed by atoms with Crippen LogP contribution in [-0.4, -0.2) is 44.8 Å². The van der Waals surface area contributed by atoms with Crippen molar-refractivity contribution >= 4 is 45.8 Å². The van der Waals surface area contributed by atoms with Crippen molar-refractivity contribution in [2.45, 2.75) is 25.4 Å². The Morgan fingerprint density at radius 1 is 1.17 bits per heavy atom. The van der Waals surface area contributed by atoms with Crippen molar-refractivity contribution < 1.29 is 14.6 Å². The number of pyridine rings is 3. The van der Waals surface area contributed by atoms with Crippen LogP contribution in [0, 0.1) is 0 Å². The molecule has 1 N–H and O–H groups in total. The van der Waals surface area contributed by atoms with E-state index in [-0.39, 0.29) is 17.0 Å². The van der Waals surface area contributed by atoms with Gasteiger partial charge in [-0.15, -0.1) is 0 Å². The normalized spacial score (nSPS) is 15.4. The van der Waals surface area contributed by atoms with Gasteiger partial charge in [0.15, 0.2) is 0 Å². The summed E-state index contributed by atoms with van der Waals surface area (Å²) >= 11 is 12.9. The summed E-state index contributed by atoms with van der Waals surface area (Å²) in [7, 11) is 0. The van der Waals surface area contributed by atoms with Crippen molar-refractivity contribution in [1.82, 2.24) is 14.5 Å². The van der Waals surface area contributed by atoms with Crippen molar-refractivity contribution in [2.24, 2.45) is 0 Å². The Hall–Kier alpha value is -3.62. The number of hydrogen-bond acceptors (Lipinski definition) is 6. The molecule has 0 amide bonds. The number of aromatic carboxylic acids is 1. The molecule has 1 atom stereocenters. The minimum Gasteiger partial charge on any atom is -0.477 e. The van der Waals surface area contributed by atoms with Gasteiger partial charge in [0.05, 0.1) is 22.3 Å². The first-order chi connectivity index (χ1) is 17.4. The Kier molecular flexibility index (Phi) is 6.80. The first kappa shape index (κ1) is 24.1. The first-order valence-electron chi connectivity index (χ1n) is 11.4. The van der Waals surface area contributed by atoms with E-state index in [2.05, 4.69) is 14.9 Å². The third-order valence-electron chi connectivity index (χ3n) is 6.28. The summed E-state index contributed by atoms with van der Waals surface area (Å²) in [5.41, 5.74) is 1.33. The topological polar surface area (TPSA) is 97.6 Å². The van der Waals surface area contributed by atoms with Gasteiger partial charge in [0.2, 0.25) is 11.3 Å². The number of carbonyl (C=O) groups is 1. The van der Waals surface area contributed by atoms with E-state index in [0.717, 1.165) is 30.6 Å². The number of carboxylic acids is 1. The molecular formula is C26H22Cl2N4O4. The number of ether oxygens (including phenoxy) is 1. The SMILES string of the molecule is O=C(O)c1cn(Cc2cccnc2)c2cc(N3CCC[C@@H]3COc3ncccc3Cl)c(Cl)cc2c1=O. The number of fused-ring (bicyclic) bond motifs is 1. The number of hydrogen-bond donors (Lipinski definition) is 1. The smallest absolute Gasteiger partial charge is 0.341 e. The van der Waals surface area contributed by atoms with Crippen LogP contribution in [0.15, 0.2) is 66.0 Å². The summed E-state index contributed by atoms with van der Waals surface area (Å²) in [5, 5.41) is 10.7. The van der Waals surface area contributed by atoms with E-state index in [1.54, 1.807) is 41.4 Å². The van der Waals surface area contributed by atoms with Crippen molar-refractivity contribution in [3.63, 3.8) is 0 Å². The van der Waals surface area contributed by atoms with Gasteiger partial charge in [0.1, 0.15) is 17.2 Å². The fourth-order valence-corrected chi connectivity index (χ4v) is 5.02. The molecule has 36 heavy (non-hydrogen) atoms. The molecule has 1 aliphatic heterocycles. The second kappa shape index (κ2) is 10.2. The van der Waals surface area contributed by atoms with E-state index in [4.69, 9.17) is 27.9 Å². The van der Waals surface area contributed by atoms with Crippen LogP contribution in [0.25, 0.3) is 10.9 Å². The molecule has 0 saturated carbocycles. The summed E-state index contributed by atoms with van der Waals surface area (Å²) in [5.74, 6) is -0.908. The standard InChI is InChI=1S/C26H22Cl2N4O4/c27-20-6-2-8-30-25(20)36-15-17-5-3-9-32(17)23-11-22-18(10-21(23)28)24(33)19(26(34)35)14-31(22)13-16-4-1-7-29-12-16/h1-2,4,6-8,10-12,14,17H,3,5,9,13,15H2,(H,34,35)/t17-/m1/s1. The molecule has 8 nitrogen and oxygen atoms in total. The average molecular weight is 525 g/mol. The molecule has 0 radical (unpaired) electrons. The number of rotatable bonds is 7. The maximum Gasteiger partial charge on any atom is 0.341 e. The van der Waals surface area contributed by atoms with Gasteiger partial charge in [0, 0.05) is 43.3 Å². The first-order valence-corrected chi connectivity index (χ1v) is 12.2. The van der Waals surface area contributed by atoms with Gasteiger partial charge >= 0.3 is 5.97 Å². The van der Waals surface area contributed by atoms with Gasteiger partial charge in [0.25, 0.3) is 0 Å². The molecule has 4 heterocycles. The maximum absolute atomic E-state index is 13.0. The largest absolute Gasteiger partial charge is 0.477 e. The van der Waals surface area contributed by atoms with E-state index in [1.807, 2.05) is 18.2 Å². The summed E-state index contributed by atoms with van der Waals surface area (Å²) in [6.07, 6.45) is 8.21. The molecule has 0 unspecified atom stereocenters. The summed E-state index contributed by atoms with van der Waals surface area (Å²) in [6, 6.07) is 10.6. The van der Waals surface area contributed by atoms with Crippen LogP contribution >= 0.6 is 23.2 Å². The second-order valence-corrected chi connectivity index (χ2v) is 9.39. The molecule has 4 aromatic rings. The number of aromatic nitrogens is 3. The highest BCUT2D eigenvalue weighted by atomic mass is 35.5. The number of carboxylic acid groups (broad SMARTS) is 1. The highest BCUT2D eigenvalue weighted by Crippen LogP contribution is 2.35. The quantitative estimate of drug-likeness (QED) is 0.367.